The van der Waals surface area contributed by atoms with Crippen LogP contribution >= 0.6 is 0 Å². The molecule has 0 aromatic rings. The molecule has 0 saturated heterocycles. The quantitative estimate of drug-likeness (QED) is 0.694. The van der Waals surface area contributed by atoms with E-state index in [9.17, 15) is 9.59 Å². The molecule has 96 valence electrons. The van der Waals surface area contributed by atoms with E-state index in [1.54, 1.807) is 33.9 Å². The van der Waals surface area contributed by atoms with Gasteiger partial charge in [-0.05, 0) is 20.8 Å². The van der Waals surface area contributed by atoms with Gasteiger partial charge in [0.15, 0.2) is 0 Å². The average molecular weight is 242 g/mol. The van der Waals surface area contributed by atoms with Crippen LogP contribution in [-0.2, 0) is 14.3 Å². The number of amides is 1. The van der Waals surface area contributed by atoms with Crippen LogP contribution in [-0.4, -0.2) is 42.8 Å². The molecule has 0 aliphatic heterocycles. The van der Waals surface area contributed by atoms with Gasteiger partial charge in [0.2, 0.25) is 0 Å². The number of carbonyl (C=O) groups is 2. The molecule has 0 N–H and O–H groups in total. The summed E-state index contributed by atoms with van der Waals surface area (Å²) < 4.78 is 9.82. The first-order valence-electron chi connectivity index (χ1n) is 5.23. The Morgan fingerprint density at radius 1 is 1.35 bits per heavy atom. The van der Waals surface area contributed by atoms with Crippen molar-refractivity contribution >= 4 is 12.1 Å². The van der Waals surface area contributed by atoms with Crippen LogP contribution in [0, 0.1) is 11.3 Å². The Morgan fingerprint density at radius 3 is 2.41 bits per heavy atom. The number of ether oxygens (including phenoxy) is 2. The molecule has 0 saturated carbocycles. The molecule has 0 aromatic carbocycles. The highest BCUT2D eigenvalue weighted by Crippen LogP contribution is 2.08. The van der Waals surface area contributed by atoms with Crippen molar-refractivity contribution in [1.29, 1.82) is 5.26 Å². The van der Waals surface area contributed by atoms with Crippen LogP contribution in [0.4, 0.5) is 4.79 Å². The minimum Gasteiger partial charge on any atom is -0.463 e. The highest BCUT2D eigenvalue weighted by Gasteiger charge is 2.19. The molecule has 0 aliphatic rings. The van der Waals surface area contributed by atoms with Crippen molar-refractivity contribution in [3.05, 3.63) is 0 Å². The lowest BCUT2D eigenvalue weighted by Gasteiger charge is -2.24. The molecule has 0 unspecified atom stereocenters. The third kappa shape index (κ3) is 8.08. The van der Waals surface area contributed by atoms with Crippen LogP contribution in [0.5, 0.6) is 0 Å². The molecule has 0 aromatic heterocycles. The summed E-state index contributed by atoms with van der Waals surface area (Å²) in [6.07, 6.45) is -0.760. The van der Waals surface area contributed by atoms with Gasteiger partial charge in [-0.15, -0.1) is 0 Å². The van der Waals surface area contributed by atoms with Gasteiger partial charge in [-0.1, -0.05) is 0 Å². The fourth-order valence-electron chi connectivity index (χ4n) is 0.843. The molecule has 0 radical (unpaired) electrons. The van der Waals surface area contributed by atoms with Gasteiger partial charge in [-0.25, -0.2) is 4.79 Å². The number of hydrogen-bond acceptors (Lipinski definition) is 5. The summed E-state index contributed by atoms with van der Waals surface area (Å²) in [5, 5.41) is 8.23. The Kier molecular flexibility index (Phi) is 6.03. The van der Waals surface area contributed by atoms with E-state index in [1.165, 1.54) is 4.90 Å². The number of nitriles is 1. The molecular weight excluding hydrogens is 224 g/mol. The van der Waals surface area contributed by atoms with Crippen LogP contribution in [0.15, 0.2) is 0 Å². The topological polar surface area (TPSA) is 79.6 Å². The number of carbonyl (C=O) groups excluding carboxylic acids is 2. The Hall–Kier alpha value is -1.77. The predicted octanol–water partition coefficient (Wildman–Crippen LogP) is 1.31. The van der Waals surface area contributed by atoms with E-state index in [1.807, 2.05) is 0 Å². The zero-order valence-electron chi connectivity index (χ0n) is 10.6. The largest absolute Gasteiger partial charge is 0.463 e. The summed E-state index contributed by atoms with van der Waals surface area (Å²) in [6.45, 7) is 5.59. The molecular formula is C11H18N2O4. The van der Waals surface area contributed by atoms with Gasteiger partial charge in [-0.2, -0.15) is 5.26 Å². The monoisotopic (exact) mass is 242 g/mol. The van der Waals surface area contributed by atoms with Crippen molar-refractivity contribution in [1.82, 2.24) is 4.90 Å². The van der Waals surface area contributed by atoms with E-state index < -0.39 is 17.7 Å². The molecule has 0 aliphatic carbocycles. The number of nitrogens with zero attached hydrogens (tertiary/aromatic N) is 2. The Bertz CT molecular complexity index is 314. The lowest BCUT2D eigenvalue weighted by molar-refractivity contribution is -0.142. The van der Waals surface area contributed by atoms with Crippen LogP contribution < -0.4 is 0 Å². The van der Waals surface area contributed by atoms with Crippen LogP contribution in [0.2, 0.25) is 0 Å². The fourth-order valence-corrected chi connectivity index (χ4v) is 0.843. The standard InChI is InChI=1S/C11H18N2O4/c1-11(2,3)17-10(15)13(4)7-8-16-9(14)5-6-12/h5,7-8H2,1-4H3. The van der Waals surface area contributed by atoms with Crippen LogP contribution in [0.1, 0.15) is 27.2 Å². The normalized spacial score (nSPS) is 10.3. The molecule has 17 heavy (non-hydrogen) atoms. The fraction of sp³-hybridized carbons (Fsp3) is 0.727. The van der Waals surface area contributed by atoms with E-state index in [0.717, 1.165) is 0 Å². The van der Waals surface area contributed by atoms with Gasteiger partial charge < -0.3 is 14.4 Å². The lowest BCUT2D eigenvalue weighted by Crippen LogP contribution is -2.36. The molecule has 0 rings (SSSR count). The van der Waals surface area contributed by atoms with Crippen LogP contribution in [0.25, 0.3) is 0 Å². The van der Waals surface area contributed by atoms with Crippen molar-refractivity contribution < 1.29 is 19.1 Å². The zero-order valence-corrected chi connectivity index (χ0v) is 10.6. The second kappa shape index (κ2) is 6.74. The summed E-state index contributed by atoms with van der Waals surface area (Å²) in [5.41, 5.74) is -0.553. The predicted molar refractivity (Wildman–Crippen MR) is 60.1 cm³/mol. The Balaban J connectivity index is 3.87. The van der Waals surface area contributed by atoms with Gasteiger partial charge in [0.25, 0.3) is 0 Å². The summed E-state index contributed by atoms with van der Waals surface area (Å²) in [6, 6.07) is 1.68. The first-order chi connectivity index (χ1) is 7.76. The number of rotatable bonds is 4. The SMILES string of the molecule is CN(CCOC(=O)CC#N)C(=O)OC(C)(C)C. The lowest BCUT2D eigenvalue weighted by atomic mass is 10.2. The minimum atomic E-state index is -0.593. The van der Waals surface area contributed by atoms with Crippen molar-refractivity contribution in [2.45, 2.75) is 32.8 Å². The first-order valence-corrected chi connectivity index (χ1v) is 5.23. The van der Waals surface area contributed by atoms with Gasteiger partial charge in [0, 0.05) is 7.05 Å². The number of likely N-dealkylation sites (N-methyl/N-ethyl adjacent to an activating group) is 1. The van der Waals surface area contributed by atoms with E-state index in [4.69, 9.17) is 14.7 Å². The third-order valence-corrected chi connectivity index (χ3v) is 1.62. The maximum absolute atomic E-state index is 11.5. The van der Waals surface area contributed by atoms with E-state index in [0.29, 0.717) is 0 Å². The molecule has 0 atom stereocenters. The highest BCUT2D eigenvalue weighted by molar-refractivity contribution is 5.71. The Morgan fingerprint density at radius 2 is 1.94 bits per heavy atom. The van der Waals surface area contributed by atoms with Gasteiger partial charge in [-0.3, -0.25) is 4.79 Å². The van der Waals surface area contributed by atoms with E-state index >= 15 is 0 Å². The van der Waals surface area contributed by atoms with Crippen molar-refractivity contribution in [3.63, 3.8) is 0 Å². The van der Waals surface area contributed by atoms with E-state index in [-0.39, 0.29) is 19.6 Å². The second-order valence-corrected chi connectivity index (χ2v) is 4.46. The van der Waals surface area contributed by atoms with Gasteiger partial charge in [0.05, 0.1) is 12.6 Å². The van der Waals surface area contributed by atoms with Gasteiger partial charge in [0.1, 0.15) is 18.6 Å². The third-order valence-electron chi connectivity index (χ3n) is 1.62. The van der Waals surface area contributed by atoms with Crippen molar-refractivity contribution in [2.75, 3.05) is 20.2 Å². The summed E-state index contributed by atoms with van der Waals surface area (Å²) in [5.74, 6) is -0.593. The summed E-state index contributed by atoms with van der Waals surface area (Å²) in [7, 11) is 1.55. The summed E-state index contributed by atoms with van der Waals surface area (Å²) in [4.78, 5) is 23.6. The minimum absolute atomic E-state index is 0.0518. The van der Waals surface area contributed by atoms with Crippen molar-refractivity contribution in [2.24, 2.45) is 0 Å². The number of hydrogen-bond donors (Lipinski definition) is 0. The van der Waals surface area contributed by atoms with Crippen LogP contribution in [0.3, 0.4) is 0 Å². The zero-order chi connectivity index (χ0) is 13.5. The first kappa shape index (κ1) is 15.2. The van der Waals surface area contributed by atoms with Crippen molar-refractivity contribution in [3.8, 4) is 6.07 Å². The Labute approximate surface area is 101 Å². The maximum Gasteiger partial charge on any atom is 0.410 e. The molecule has 0 bridgehead atoms. The van der Waals surface area contributed by atoms with Gasteiger partial charge >= 0.3 is 12.1 Å². The molecule has 0 heterocycles. The molecule has 0 fully saturated rings. The highest BCUT2D eigenvalue weighted by atomic mass is 16.6. The molecule has 6 nitrogen and oxygen atoms in total. The maximum atomic E-state index is 11.5. The summed E-state index contributed by atoms with van der Waals surface area (Å²) >= 11 is 0. The smallest absolute Gasteiger partial charge is 0.410 e. The molecule has 6 heteroatoms. The second-order valence-electron chi connectivity index (χ2n) is 4.46. The van der Waals surface area contributed by atoms with E-state index in [2.05, 4.69) is 0 Å². The molecule has 1 amide bonds. The molecule has 0 spiro atoms. The average Bonchev–Trinajstić information content (AvgIpc) is 2.15. The number of esters is 1.